The highest BCUT2D eigenvalue weighted by atomic mass is 16.4. The minimum Gasteiger partial charge on any atom is -0.480 e. The summed E-state index contributed by atoms with van der Waals surface area (Å²) in [5.41, 5.74) is 0. The molecule has 16 heavy (non-hydrogen) atoms. The third kappa shape index (κ3) is 4.21. The van der Waals surface area contributed by atoms with E-state index in [4.69, 9.17) is 5.11 Å². The number of unbranched alkanes of at least 4 members (excludes halogenated alkanes) is 1. The van der Waals surface area contributed by atoms with E-state index in [9.17, 15) is 9.59 Å². The first-order valence-corrected chi connectivity index (χ1v) is 5.95. The Bertz CT molecular complexity index is 240. The summed E-state index contributed by atoms with van der Waals surface area (Å²) in [6.07, 6.45) is 3.69. The van der Waals surface area contributed by atoms with Gasteiger partial charge in [-0.1, -0.05) is 26.7 Å². The summed E-state index contributed by atoms with van der Waals surface area (Å²) in [4.78, 5) is 24.1. The second-order valence-electron chi connectivity index (χ2n) is 4.21. The van der Waals surface area contributed by atoms with Gasteiger partial charge < -0.3 is 10.0 Å². The Hall–Kier alpha value is -1.06. The van der Waals surface area contributed by atoms with Crippen LogP contribution in [-0.2, 0) is 9.59 Å². The van der Waals surface area contributed by atoms with Crippen molar-refractivity contribution < 1.29 is 14.7 Å². The average Bonchev–Trinajstić information content (AvgIpc) is 2.27. The van der Waals surface area contributed by atoms with E-state index in [1.807, 2.05) is 6.92 Å². The zero-order valence-electron chi connectivity index (χ0n) is 10.7. The van der Waals surface area contributed by atoms with Crippen molar-refractivity contribution in [1.29, 1.82) is 0 Å². The highest BCUT2D eigenvalue weighted by molar-refractivity contribution is 5.84. The number of carboxylic acids is 1. The number of hydrogen-bond donors (Lipinski definition) is 1. The molecule has 0 aliphatic heterocycles. The maximum Gasteiger partial charge on any atom is 0.326 e. The van der Waals surface area contributed by atoms with Crippen LogP contribution in [0.2, 0.25) is 0 Å². The smallest absolute Gasteiger partial charge is 0.326 e. The maximum atomic E-state index is 12.0. The molecule has 0 radical (unpaired) electrons. The van der Waals surface area contributed by atoms with Crippen molar-refractivity contribution in [1.82, 2.24) is 4.90 Å². The van der Waals surface area contributed by atoms with Crippen molar-refractivity contribution in [3.63, 3.8) is 0 Å². The fourth-order valence-corrected chi connectivity index (χ4v) is 1.60. The molecule has 0 bridgehead atoms. The highest BCUT2D eigenvalue weighted by Gasteiger charge is 2.26. The molecule has 0 spiro atoms. The zero-order chi connectivity index (χ0) is 12.7. The molecule has 0 aliphatic rings. The van der Waals surface area contributed by atoms with Crippen molar-refractivity contribution in [3.8, 4) is 0 Å². The molecular formula is C12H23NO3. The number of hydrogen-bond acceptors (Lipinski definition) is 2. The number of aliphatic carboxylic acids is 1. The number of likely N-dealkylation sites (N-methyl/N-ethyl adjacent to an activating group) is 1. The number of rotatable bonds is 7. The van der Waals surface area contributed by atoms with E-state index in [1.165, 1.54) is 11.8 Å². The monoisotopic (exact) mass is 229 g/mol. The molecule has 1 amide bonds. The van der Waals surface area contributed by atoms with Gasteiger partial charge in [0.15, 0.2) is 0 Å². The molecule has 2 unspecified atom stereocenters. The van der Waals surface area contributed by atoms with Crippen LogP contribution in [0.25, 0.3) is 0 Å². The fourth-order valence-electron chi connectivity index (χ4n) is 1.60. The Labute approximate surface area is 97.6 Å². The topological polar surface area (TPSA) is 57.6 Å². The van der Waals surface area contributed by atoms with Crippen LogP contribution in [-0.4, -0.2) is 35.0 Å². The molecule has 1 N–H and O–H groups in total. The van der Waals surface area contributed by atoms with E-state index in [-0.39, 0.29) is 11.8 Å². The van der Waals surface area contributed by atoms with Gasteiger partial charge in [-0.15, -0.1) is 0 Å². The lowest BCUT2D eigenvalue weighted by Crippen LogP contribution is -2.43. The first-order valence-electron chi connectivity index (χ1n) is 5.95. The molecule has 0 saturated carbocycles. The second-order valence-corrected chi connectivity index (χ2v) is 4.21. The molecule has 0 fully saturated rings. The Morgan fingerprint density at radius 3 is 2.25 bits per heavy atom. The van der Waals surface area contributed by atoms with Crippen LogP contribution in [0.5, 0.6) is 0 Å². The summed E-state index contributed by atoms with van der Waals surface area (Å²) < 4.78 is 0. The molecule has 94 valence electrons. The molecule has 0 heterocycles. The summed E-state index contributed by atoms with van der Waals surface area (Å²) in [5.74, 6) is -1.04. The molecule has 0 aliphatic carbocycles. The molecule has 2 atom stereocenters. The quantitative estimate of drug-likeness (QED) is 0.727. The molecule has 0 saturated heterocycles. The Kier molecular flexibility index (Phi) is 6.77. The lowest BCUT2D eigenvalue weighted by molar-refractivity contribution is -0.150. The van der Waals surface area contributed by atoms with Crippen molar-refractivity contribution in [2.45, 2.75) is 52.5 Å². The maximum absolute atomic E-state index is 12.0. The largest absolute Gasteiger partial charge is 0.480 e. The Balaban J connectivity index is 4.43. The van der Waals surface area contributed by atoms with Gasteiger partial charge >= 0.3 is 5.97 Å². The predicted molar refractivity (Wildman–Crippen MR) is 63.2 cm³/mol. The van der Waals surface area contributed by atoms with Crippen LogP contribution in [0.4, 0.5) is 0 Å². The first-order chi connectivity index (χ1) is 7.45. The van der Waals surface area contributed by atoms with E-state index in [2.05, 4.69) is 6.92 Å². The number of carbonyl (C=O) groups is 2. The Morgan fingerprint density at radius 2 is 1.88 bits per heavy atom. The summed E-state index contributed by atoms with van der Waals surface area (Å²) in [5, 5.41) is 8.84. The minimum absolute atomic E-state index is 0.0354. The van der Waals surface area contributed by atoms with Crippen LogP contribution in [0, 0.1) is 5.92 Å². The molecular weight excluding hydrogens is 206 g/mol. The molecule has 4 heteroatoms. The van der Waals surface area contributed by atoms with Crippen molar-refractivity contribution in [3.05, 3.63) is 0 Å². The summed E-state index contributed by atoms with van der Waals surface area (Å²) >= 11 is 0. The van der Waals surface area contributed by atoms with Gasteiger partial charge in [0.1, 0.15) is 6.04 Å². The summed E-state index contributed by atoms with van der Waals surface area (Å²) in [6.45, 7) is 5.59. The molecule has 4 nitrogen and oxygen atoms in total. The van der Waals surface area contributed by atoms with E-state index in [0.717, 1.165) is 25.7 Å². The van der Waals surface area contributed by atoms with E-state index < -0.39 is 12.0 Å². The standard InChI is InChI=1S/C12H23NO3/c1-5-7-8-10(6-2)11(14)13(4)9(3)12(15)16/h9-10H,5-8H2,1-4H3,(H,15,16). The van der Waals surface area contributed by atoms with Crippen LogP contribution in [0.15, 0.2) is 0 Å². The van der Waals surface area contributed by atoms with Crippen molar-refractivity contribution in [2.24, 2.45) is 5.92 Å². The number of carboxylic acid groups (broad SMARTS) is 1. The third-order valence-corrected chi connectivity index (χ3v) is 3.03. The molecule has 0 rings (SSSR count). The molecule has 0 aromatic rings. The van der Waals surface area contributed by atoms with Gasteiger partial charge in [0.05, 0.1) is 0 Å². The SMILES string of the molecule is CCCCC(CC)C(=O)N(C)C(C)C(=O)O. The lowest BCUT2D eigenvalue weighted by atomic mass is 9.97. The summed E-state index contributed by atoms with van der Waals surface area (Å²) in [6, 6.07) is -0.747. The van der Waals surface area contributed by atoms with Crippen LogP contribution in [0.1, 0.15) is 46.5 Å². The van der Waals surface area contributed by atoms with E-state index >= 15 is 0 Å². The predicted octanol–water partition coefficient (Wildman–Crippen LogP) is 2.13. The van der Waals surface area contributed by atoms with Gasteiger partial charge in [0.2, 0.25) is 5.91 Å². The molecule has 0 aromatic heterocycles. The average molecular weight is 229 g/mol. The lowest BCUT2D eigenvalue weighted by Gasteiger charge is -2.26. The van der Waals surface area contributed by atoms with E-state index in [1.54, 1.807) is 7.05 Å². The number of amides is 1. The second kappa shape index (κ2) is 7.25. The molecule has 0 aromatic carbocycles. The van der Waals surface area contributed by atoms with Gasteiger partial charge in [0.25, 0.3) is 0 Å². The van der Waals surface area contributed by atoms with Gasteiger partial charge in [-0.2, -0.15) is 0 Å². The van der Waals surface area contributed by atoms with Crippen LogP contribution < -0.4 is 0 Å². The number of carbonyl (C=O) groups excluding carboxylic acids is 1. The highest BCUT2D eigenvalue weighted by Crippen LogP contribution is 2.16. The zero-order valence-corrected chi connectivity index (χ0v) is 10.7. The van der Waals surface area contributed by atoms with Crippen LogP contribution >= 0.6 is 0 Å². The fraction of sp³-hybridized carbons (Fsp3) is 0.833. The normalized spacial score (nSPS) is 14.2. The van der Waals surface area contributed by atoms with Gasteiger partial charge in [0, 0.05) is 13.0 Å². The van der Waals surface area contributed by atoms with Crippen molar-refractivity contribution in [2.75, 3.05) is 7.05 Å². The third-order valence-electron chi connectivity index (χ3n) is 3.03. The first kappa shape index (κ1) is 14.9. The van der Waals surface area contributed by atoms with E-state index in [0.29, 0.717) is 0 Å². The van der Waals surface area contributed by atoms with Crippen molar-refractivity contribution >= 4 is 11.9 Å². The summed E-state index contributed by atoms with van der Waals surface area (Å²) in [7, 11) is 1.57. The van der Waals surface area contributed by atoms with Gasteiger partial charge in [-0.3, -0.25) is 4.79 Å². The van der Waals surface area contributed by atoms with Crippen LogP contribution in [0.3, 0.4) is 0 Å². The number of nitrogens with zero attached hydrogens (tertiary/aromatic N) is 1. The van der Waals surface area contributed by atoms with Gasteiger partial charge in [-0.05, 0) is 19.8 Å². The van der Waals surface area contributed by atoms with Gasteiger partial charge in [-0.25, -0.2) is 4.79 Å². The Morgan fingerprint density at radius 1 is 1.31 bits per heavy atom. The minimum atomic E-state index is -0.957.